The van der Waals surface area contributed by atoms with Gasteiger partial charge in [0.25, 0.3) is 5.56 Å². The van der Waals surface area contributed by atoms with Gasteiger partial charge in [0.05, 0.1) is 28.2 Å². The van der Waals surface area contributed by atoms with Crippen LogP contribution in [0.2, 0.25) is 5.02 Å². The van der Waals surface area contributed by atoms with Crippen molar-refractivity contribution in [3.05, 3.63) is 44.3 Å². The Kier molecular flexibility index (Phi) is 4.07. The molecule has 0 saturated carbocycles. The van der Waals surface area contributed by atoms with E-state index in [4.69, 9.17) is 11.6 Å². The molecule has 112 valence electrons. The highest BCUT2D eigenvalue weighted by molar-refractivity contribution is 6.31. The Morgan fingerprint density at radius 1 is 1.48 bits per heavy atom. The second-order valence-corrected chi connectivity index (χ2v) is 5.75. The summed E-state index contributed by atoms with van der Waals surface area (Å²) in [4.78, 5) is 21.9. The molecule has 1 aliphatic rings. The van der Waals surface area contributed by atoms with Gasteiger partial charge in [-0.15, -0.1) is 0 Å². The first-order valence-corrected chi connectivity index (χ1v) is 7.56. The lowest BCUT2D eigenvalue weighted by Crippen LogP contribution is -2.36. The molecule has 0 bridgehead atoms. The Hall–Kier alpha value is -1.66. The van der Waals surface area contributed by atoms with E-state index >= 15 is 0 Å². The lowest BCUT2D eigenvalue weighted by Gasteiger charge is -2.27. The Bertz CT molecular complexity index is 693. The molecule has 0 fully saturated rings. The van der Waals surface area contributed by atoms with Gasteiger partial charge in [-0.05, 0) is 6.42 Å². The average molecular weight is 308 g/mol. The van der Waals surface area contributed by atoms with Crippen molar-refractivity contribution in [2.75, 3.05) is 6.54 Å². The SMILES string of the molecule is CCCc1nc2c(c(=O)[nH]1)CN(Cc1[nH]ncc1Cl)CC2. The van der Waals surface area contributed by atoms with E-state index in [1.54, 1.807) is 6.20 Å². The summed E-state index contributed by atoms with van der Waals surface area (Å²) in [5.74, 6) is 0.798. The molecule has 0 atom stereocenters. The van der Waals surface area contributed by atoms with Gasteiger partial charge in [0, 0.05) is 32.5 Å². The largest absolute Gasteiger partial charge is 0.310 e. The molecule has 0 unspecified atom stereocenters. The lowest BCUT2D eigenvalue weighted by atomic mass is 10.1. The number of nitrogens with zero attached hydrogens (tertiary/aromatic N) is 3. The molecule has 3 rings (SSSR count). The van der Waals surface area contributed by atoms with Crippen molar-refractivity contribution in [3.63, 3.8) is 0 Å². The molecule has 2 N–H and O–H groups in total. The topological polar surface area (TPSA) is 77.7 Å². The second-order valence-electron chi connectivity index (χ2n) is 5.35. The molecule has 7 heteroatoms. The van der Waals surface area contributed by atoms with Crippen molar-refractivity contribution in [3.8, 4) is 0 Å². The average Bonchev–Trinajstić information content (AvgIpc) is 2.85. The molecule has 0 saturated heterocycles. The Morgan fingerprint density at radius 3 is 3.05 bits per heavy atom. The fraction of sp³-hybridized carbons (Fsp3) is 0.500. The molecular formula is C14H18ClN5O. The molecule has 6 nitrogen and oxygen atoms in total. The van der Waals surface area contributed by atoms with Crippen LogP contribution in [-0.2, 0) is 25.9 Å². The summed E-state index contributed by atoms with van der Waals surface area (Å²) < 4.78 is 0. The third-order valence-electron chi connectivity index (χ3n) is 3.73. The fourth-order valence-corrected chi connectivity index (χ4v) is 2.81. The lowest BCUT2D eigenvalue weighted by molar-refractivity contribution is 0.238. The Morgan fingerprint density at radius 2 is 2.33 bits per heavy atom. The highest BCUT2D eigenvalue weighted by Gasteiger charge is 2.22. The van der Waals surface area contributed by atoms with Crippen molar-refractivity contribution in [1.82, 2.24) is 25.1 Å². The first-order chi connectivity index (χ1) is 10.2. The van der Waals surface area contributed by atoms with Gasteiger partial charge < -0.3 is 4.98 Å². The minimum absolute atomic E-state index is 0.0103. The van der Waals surface area contributed by atoms with E-state index < -0.39 is 0 Å². The molecule has 1 aliphatic heterocycles. The second kappa shape index (κ2) is 5.99. The summed E-state index contributed by atoms with van der Waals surface area (Å²) in [5.41, 5.74) is 2.59. The van der Waals surface area contributed by atoms with Gasteiger partial charge in [-0.2, -0.15) is 5.10 Å². The maximum absolute atomic E-state index is 12.2. The Labute approximate surface area is 127 Å². The van der Waals surface area contributed by atoms with Crippen LogP contribution in [0, 0.1) is 0 Å². The summed E-state index contributed by atoms with van der Waals surface area (Å²) in [6.45, 7) is 4.20. The molecular weight excluding hydrogens is 290 g/mol. The van der Waals surface area contributed by atoms with Crippen molar-refractivity contribution in [2.24, 2.45) is 0 Å². The summed E-state index contributed by atoms with van der Waals surface area (Å²) in [7, 11) is 0. The first kappa shape index (κ1) is 14.3. The number of halogens is 1. The van der Waals surface area contributed by atoms with Crippen molar-refractivity contribution in [2.45, 2.75) is 39.3 Å². The third kappa shape index (κ3) is 3.01. The summed E-state index contributed by atoms with van der Waals surface area (Å²) >= 11 is 6.05. The normalized spacial score (nSPS) is 15.1. The predicted octanol–water partition coefficient (Wildman–Crippen LogP) is 1.66. The van der Waals surface area contributed by atoms with Gasteiger partial charge in [-0.3, -0.25) is 14.8 Å². The molecule has 2 aromatic heterocycles. The zero-order valence-electron chi connectivity index (χ0n) is 11.9. The number of aromatic amines is 2. The van der Waals surface area contributed by atoms with Crippen LogP contribution in [0.15, 0.2) is 11.0 Å². The highest BCUT2D eigenvalue weighted by Crippen LogP contribution is 2.19. The highest BCUT2D eigenvalue weighted by atomic mass is 35.5. The van der Waals surface area contributed by atoms with E-state index in [-0.39, 0.29) is 5.56 Å². The van der Waals surface area contributed by atoms with Crippen LogP contribution in [0.3, 0.4) is 0 Å². The maximum atomic E-state index is 12.2. The number of H-pyrrole nitrogens is 2. The van der Waals surface area contributed by atoms with Gasteiger partial charge in [-0.25, -0.2) is 4.98 Å². The predicted molar refractivity (Wildman–Crippen MR) is 80.3 cm³/mol. The van der Waals surface area contributed by atoms with E-state index in [0.29, 0.717) is 18.1 Å². The van der Waals surface area contributed by atoms with Crippen LogP contribution in [0.4, 0.5) is 0 Å². The molecule has 0 aliphatic carbocycles. The van der Waals surface area contributed by atoms with Crippen LogP contribution in [0.5, 0.6) is 0 Å². The molecule has 0 aromatic carbocycles. The van der Waals surface area contributed by atoms with Crippen molar-refractivity contribution in [1.29, 1.82) is 0 Å². The van der Waals surface area contributed by atoms with E-state index in [1.807, 2.05) is 0 Å². The fourth-order valence-electron chi connectivity index (χ4n) is 2.66. The van der Waals surface area contributed by atoms with Gasteiger partial charge in [0.15, 0.2) is 0 Å². The van der Waals surface area contributed by atoms with Gasteiger partial charge in [0.1, 0.15) is 5.82 Å². The van der Waals surface area contributed by atoms with Crippen LogP contribution in [0.1, 0.15) is 36.1 Å². The third-order valence-corrected chi connectivity index (χ3v) is 4.06. The molecule has 0 amide bonds. The zero-order chi connectivity index (χ0) is 14.8. The molecule has 21 heavy (non-hydrogen) atoms. The van der Waals surface area contributed by atoms with Gasteiger partial charge in [0.2, 0.25) is 0 Å². The monoisotopic (exact) mass is 307 g/mol. The number of fused-ring (bicyclic) bond motifs is 1. The summed E-state index contributed by atoms with van der Waals surface area (Å²) in [6, 6.07) is 0. The number of nitrogens with one attached hydrogen (secondary N) is 2. The van der Waals surface area contributed by atoms with E-state index in [1.165, 1.54) is 0 Å². The number of aryl methyl sites for hydroxylation is 1. The Balaban J connectivity index is 1.79. The standard InChI is InChI=1S/C14H18ClN5O/c1-2-3-13-17-11-4-5-20(7-9(11)14(21)18-13)8-12-10(15)6-16-19-12/h6H,2-5,7-8H2,1H3,(H,16,19)(H,17,18,21). The number of hydrogen-bond acceptors (Lipinski definition) is 4. The van der Waals surface area contributed by atoms with Crippen molar-refractivity contribution < 1.29 is 0 Å². The number of aromatic nitrogens is 4. The molecule has 3 heterocycles. The maximum Gasteiger partial charge on any atom is 0.255 e. The minimum atomic E-state index is -0.0103. The van der Waals surface area contributed by atoms with E-state index in [0.717, 1.165) is 48.6 Å². The molecule has 0 radical (unpaired) electrons. The minimum Gasteiger partial charge on any atom is -0.310 e. The summed E-state index contributed by atoms with van der Waals surface area (Å²) in [6.07, 6.45) is 4.18. The number of hydrogen-bond donors (Lipinski definition) is 2. The van der Waals surface area contributed by atoms with Gasteiger partial charge >= 0.3 is 0 Å². The zero-order valence-corrected chi connectivity index (χ0v) is 12.7. The van der Waals surface area contributed by atoms with Gasteiger partial charge in [-0.1, -0.05) is 18.5 Å². The summed E-state index contributed by atoms with van der Waals surface area (Å²) in [5, 5.41) is 7.44. The van der Waals surface area contributed by atoms with E-state index in [9.17, 15) is 4.79 Å². The smallest absolute Gasteiger partial charge is 0.255 e. The quantitative estimate of drug-likeness (QED) is 0.900. The molecule has 2 aromatic rings. The van der Waals surface area contributed by atoms with Crippen LogP contribution < -0.4 is 5.56 Å². The van der Waals surface area contributed by atoms with E-state index in [2.05, 4.69) is 32.0 Å². The van der Waals surface area contributed by atoms with Crippen LogP contribution >= 0.6 is 11.6 Å². The van der Waals surface area contributed by atoms with Crippen LogP contribution in [0.25, 0.3) is 0 Å². The first-order valence-electron chi connectivity index (χ1n) is 7.18. The molecule has 0 spiro atoms. The van der Waals surface area contributed by atoms with Crippen LogP contribution in [-0.4, -0.2) is 31.6 Å². The number of rotatable bonds is 4. The van der Waals surface area contributed by atoms with Crippen molar-refractivity contribution >= 4 is 11.6 Å².